The summed E-state index contributed by atoms with van der Waals surface area (Å²) in [5, 5.41) is 0.901. The van der Waals surface area contributed by atoms with Gasteiger partial charge in [-0.1, -0.05) is 36.4 Å². The van der Waals surface area contributed by atoms with Crippen LogP contribution in [0.1, 0.15) is 28.4 Å². The van der Waals surface area contributed by atoms with Crippen LogP contribution in [0.25, 0.3) is 22.0 Å². The van der Waals surface area contributed by atoms with E-state index in [1.54, 1.807) is 28.4 Å². The number of carbonyl (C=O) groups excluding carboxylic acids is 1. The number of carbonyl (C=O) groups is 1. The van der Waals surface area contributed by atoms with Crippen molar-refractivity contribution >= 4 is 16.7 Å². The minimum atomic E-state index is -0.207. The molecule has 0 saturated carbocycles. The average molecular weight is 443 g/mol. The highest BCUT2D eigenvalue weighted by molar-refractivity contribution is 6.16. The van der Waals surface area contributed by atoms with E-state index in [2.05, 4.69) is 22.9 Å². The fraction of sp³-hybridized carbons (Fsp3) is 0.222. The molecule has 3 aromatic carbocycles. The summed E-state index contributed by atoms with van der Waals surface area (Å²) < 4.78 is 24.5. The van der Waals surface area contributed by atoms with E-state index in [4.69, 9.17) is 18.9 Å². The third-order valence-corrected chi connectivity index (χ3v) is 6.33. The van der Waals surface area contributed by atoms with Crippen molar-refractivity contribution in [3.63, 3.8) is 0 Å². The Labute approximate surface area is 192 Å². The van der Waals surface area contributed by atoms with Gasteiger partial charge in [0.25, 0.3) is 0 Å². The van der Waals surface area contributed by atoms with Crippen LogP contribution >= 0.6 is 0 Å². The molecule has 0 amide bonds. The SMILES string of the molecule is COc1ccc(C2CC(=O)c3c(OC)cc(OC)c4c(-c5ccccc5)cn2c34)cc1OC. The number of ketones is 1. The maximum atomic E-state index is 13.5. The molecule has 0 aliphatic carbocycles. The Kier molecular flexibility index (Phi) is 5.21. The van der Waals surface area contributed by atoms with E-state index in [0.717, 1.165) is 27.6 Å². The van der Waals surface area contributed by atoms with Crippen LogP contribution in [0.3, 0.4) is 0 Å². The van der Waals surface area contributed by atoms with E-state index >= 15 is 0 Å². The van der Waals surface area contributed by atoms with Gasteiger partial charge >= 0.3 is 0 Å². The van der Waals surface area contributed by atoms with E-state index in [-0.39, 0.29) is 11.8 Å². The third-order valence-electron chi connectivity index (χ3n) is 6.33. The van der Waals surface area contributed by atoms with Gasteiger partial charge in [-0.05, 0) is 23.3 Å². The van der Waals surface area contributed by atoms with Crippen molar-refractivity contribution in [3.8, 4) is 34.1 Å². The van der Waals surface area contributed by atoms with Crippen molar-refractivity contribution in [2.45, 2.75) is 12.5 Å². The monoisotopic (exact) mass is 443 g/mol. The van der Waals surface area contributed by atoms with E-state index in [0.29, 0.717) is 35.0 Å². The number of aromatic nitrogens is 1. The molecular formula is C27H25NO5. The highest BCUT2D eigenvalue weighted by atomic mass is 16.5. The molecule has 1 aromatic heterocycles. The number of hydrogen-bond donors (Lipinski definition) is 0. The first-order valence-electron chi connectivity index (χ1n) is 10.7. The first-order chi connectivity index (χ1) is 16.1. The van der Waals surface area contributed by atoms with Crippen molar-refractivity contribution in [1.82, 2.24) is 4.57 Å². The molecule has 0 radical (unpaired) electrons. The van der Waals surface area contributed by atoms with Gasteiger partial charge in [0.1, 0.15) is 11.5 Å². The molecule has 1 aliphatic rings. The van der Waals surface area contributed by atoms with E-state index in [1.807, 2.05) is 42.5 Å². The normalized spacial score (nSPS) is 14.9. The van der Waals surface area contributed by atoms with Crippen LogP contribution in [0, 0.1) is 0 Å². The number of rotatable bonds is 6. The van der Waals surface area contributed by atoms with Gasteiger partial charge in [-0.2, -0.15) is 0 Å². The lowest BCUT2D eigenvalue weighted by molar-refractivity contribution is 0.0961. The zero-order valence-electron chi connectivity index (χ0n) is 19.0. The van der Waals surface area contributed by atoms with Gasteiger partial charge in [0, 0.05) is 24.2 Å². The second-order valence-corrected chi connectivity index (χ2v) is 7.95. The Bertz CT molecular complexity index is 1360. The molecule has 6 nitrogen and oxygen atoms in total. The van der Waals surface area contributed by atoms with Crippen LogP contribution in [0.2, 0.25) is 0 Å². The number of ether oxygens (including phenoxy) is 4. The smallest absolute Gasteiger partial charge is 0.171 e. The maximum absolute atomic E-state index is 13.5. The Morgan fingerprint density at radius 2 is 1.48 bits per heavy atom. The molecule has 1 aliphatic heterocycles. The minimum Gasteiger partial charge on any atom is -0.496 e. The van der Waals surface area contributed by atoms with E-state index in [9.17, 15) is 4.79 Å². The zero-order valence-corrected chi connectivity index (χ0v) is 19.0. The average Bonchev–Trinajstić information content (AvgIpc) is 3.26. The van der Waals surface area contributed by atoms with Gasteiger partial charge in [0.2, 0.25) is 0 Å². The molecule has 0 saturated heterocycles. The summed E-state index contributed by atoms with van der Waals surface area (Å²) in [5.41, 5.74) is 4.43. The molecule has 0 bridgehead atoms. The molecule has 2 heterocycles. The summed E-state index contributed by atoms with van der Waals surface area (Å²) in [4.78, 5) is 13.5. The summed E-state index contributed by atoms with van der Waals surface area (Å²) in [6, 6.07) is 17.5. The molecule has 1 unspecified atom stereocenters. The summed E-state index contributed by atoms with van der Waals surface area (Å²) in [6.45, 7) is 0. The lowest BCUT2D eigenvalue weighted by atomic mass is 9.91. The fourth-order valence-corrected chi connectivity index (χ4v) is 4.80. The maximum Gasteiger partial charge on any atom is 0.171 e. The van der Waals surface area contributed by atoms with Crippen LogP contribution < -0.4 is 18.9 Å². The first kappa shape index (κ1) is 20.9. The largest absolute Gasteiger partial charge is 0.496 e. The molecule has 0 spiro atoms. The molecular weight excluding hydrogens is 418 g/mol. The predicted molar refractivity (Wildman–Crippen MR) is 127 cm³/mol. The summed E-state index contributed by atoms with van der Waals surface area (Å²) >= 11 is 0. The summed E-state index contributed by atoms with van der Waals surface area (Å²) in [7, 11) is 6.44. The predicted octanol–water partition coefficient (Wildman–Crippen LogP) is 5.52. The fourth-order valence-electron chi connectivity index (χ4n) is 4.80. The number of benzene rings is 3. The number of methoxy groups -OCH3 is 4. The van der Waals surface area contributed by atoms with Gasteiger partial charge in [0.15, 0.2) is 17.3 Å². The topological polar surface area (TPSA) is 58.9 Å². The minimum absolute atomic E-state index is 0.0319. The molecule has 5 rings (SSSR count). The Morgan fingerprint density at radius 3 is 2.15 bits per heavy atom. The number of hydrogen-bond acceptors (Lipinski definition) is 5. The Balaban J connectivity index is 1.83. The number of nitrogens with zero attached hydrogens (tertiary/aromatic N) is 1. The highest BCUT2D eigenvalue weighted by Gasteiger charge is 2.34. The lowest BCUT2D eigenvalue weighted by Gasteiger charge is -2.27. The van der Waals surface area contributed by atoms with Gasteiger partial charge in [-0.3, -0.25) is 4.79 Å². The van der Waals surface area contributed by atoms with Crippen LogP contribution in [0.15, 0.2) is 60.8 Å². The highest BCUT2D eigenvalue weighted by Crippen LogP contribution is 2.48. The van der Waals surface area contributed by atoms with Gasteiger partial charge in [-0.15, -0.1) is 0 Å². The van der Waals surface area contributed by atoms with Crippen molar-refractivity contribution in [1.29, 1.82) is 0 Å². The summed E-state index contributed by atoms with van der Waals surface area (Å²) in [6.07, 6.45) is 2.42. The molecule has 0 N–H and O–H groups in total. The number of Topliss-reactive ketones (excluding diaryl/α,β-unsaturated/α-hetero) is 1. The van der Waals surface area contributed by atoms with Gasteiger partial charge in [-0.25, -0.2) is 0 Å². The van der Waals surface area contributed by atoms with Crippen LogP contribution in [-0.2, 0) is 0 Å². The lowest BCUT2D eigenvalue weighted by Crippen LogP contribution is -2.22. The first-order valence-corrected chi connectivity index (χ1v) is 10.7. The molecule has 1 atom stereocenters. The van der Waals surface area contributed by atoms with E-state index < -0.39 is 0 Å². The molecule has 33 heavy (non-hydrogen) atoms. The van der Waals surface area contributed by atoms with Crippen LogP contribution in [0.4, 0.5) is 0 Å². The molecule has 168 valence electrons. The second kappa shape index (κ2) is 8.20. The summed E-state index contributed by atoms with van der Waals surface area (Å²) in [5.74, 6) is 2.50. The Hall–Kier alpha value is -3.93. The third kappa shape index (κ3) is 3.21. The van der Waals surface area contributed by atoms with Gasteiger partial charge in [0.05, 0.1) is 50.9 Å². The van der Waals surface area contributed by atoms with Crippen LogP contribution in [0.5, 0.6) is 23.0 Å². The van der Waals surface area contributed by atoms with Crippen molar-refractivity contribution < 1.29 is 23.7 Å². The van der Waals surface area contributed by atoms with Crippen molar-refractivity contribution in [3.05, 3.63) is 71.9 Å². The Morgan fingerprint density at radius 1 is 0.788 bits per heavy atom. The van der Waals surface area contributed by atoms with Crippen molar-refractivity contribution in [2.24, 2.45) is 0 Å². The molecule has 0 fully saturated rings. The molecule has 4 aromatic rings. The van der Waals surface area contributed by atoms with E-state index in [1.165, 1.54) is 0 Å². The zero-order chi connectivity index (χ0) is 23.1. The standard InChI is InChI=1S/C27H25NO5/c1-30-21-11-10-17(12-22(21)31-2)19-13-20(29)26-24(33-4)14-23(32-3)25-18(15-28(19)27(25)26)16-8-6-5-7-9-16/h5-12,14-15,19H,13H2,1-4H3. The van der Waals surface area contributed by atoms with Gasteiger partial charge < -0.3 is 23.5 Å². The quantitative estimate of drug-likeness (QED) is 0.393. The second-order valence-electron chi connectivity index (χ2n) is 7.95. The van der Waals surface area contributed by atoms with Crippen LogP contribution in [-0.4, -0.2) is 38.8 Å². The molecule has 6 heteroatoms. The van der Waals surface area contributed by atoms with Crippen molar-refractivity contribution in [2.75, 3.05) is 28.4 Å².